The van der Waals surface area contributed by atoms with Crippen molar-refractivity contribution in [2.45, 2.75) is 13.0 Å². The first-order valence-electron chi connectivity index (χ1n) is 6.44. The summed E-state index contributed by atoms with van der Waals surface area (Å²) >= 11 is 0. The van der Waals surface area contributed by atoms with Crippen molar-refractivity contribution in [2.24, 2.45) is 0 Å². The topological polar surface area (TPSA) is 84.9 Å². The quantitative estimate of drug-likeness (QED) is 0.702. The summed E-state index contributed by atoms with van der Waals surface area (Å²) in [5.74, 6) is 1.19. The van der Waals surface area contributed by atoms with Crippen LogP contribution in [-0.2, 0) is 11.3 Å². The summed E-state index contributed by atoms with van der Waals surface area (Å²) in [6.07, 6.45) is 6.05. The van der Waals surface area contributed by atoms with Gasteiger partial charge in [0.15, 0.2) is 5.82 Å². The van der Waals surface area contributed by atoms with Crippen molar-refractivity contribution < 1.29 is 4.74 Å². The second kappa shape index (κ2) is 8.00. The van der Waals surface area contributed by atoms with Crippen LogP contribution in [0.4, 0.5) is 11.8 Å². The Morgan fingerprint density at radius 2 is 2.20 bits per heavy atom. The Morgan fingerprint density at radius 3 is 3.00 bits per heavy atom. The summed E-state index contributed by atoms with van der Waals surface area (Å²) in [5, 5.41) is 14.1. The Hall–Kier alpha value is -2.28. The van der Waals surface area contributed by atoms with Crippen LogP contribution in [0.15, 0.2) is 30.7 Å². The number of pyridine rings is 1. The monoisotopic (exact) mass is 274 g/mol. The van der Waals surface area contributed by atoms with Crippen LogP contribution < -0.4 is 10.6 Å². The first-order valence-corrected chi connectivity index (χ1v) is 6.44. The van der Waals surface area contributed by atoms with Crippen LogP contribution in [0.5, 0.6) is 0 Å². The summed E-state index contributed by atoms with van der Waals surface area (Å²) in [4.78, 5) is 8.39. The van der Waals surface area contributed by atoms with Gasteiger partial charge in [0.1, 0.15) is 0 Å². The Bertz CT molecular complexity index is 507. The molecule has 0 spiro atoms. The molecule has 0 atom stereocenters. The minimum Gasteiger partial charge on any atom is -0.385 e. The number of rotatable bonds is 8. The molecule has 20 heavy (non-hydrogen) atoms. The van der Waals surface area contributed by atoms with Crippen molar-refractivity contribution in [3.05, 3.63) is 36.3 Å². The average molecular weight is 274 g/mol. The zero-order valence-corrected chi connectivity index (χ0v) is 11.4. The van der Waals surface area contributed by atoms with Gasteiger partial charge in [-0.1, -0.05) is 6.07 Å². The highest BCUT2D eigenvalue weighted by molar-refractivity contribution is 5.37. The highest BCUT2D eigenvalue weighted by atomic mass is 16.5. The van der Waals surface area contributed by atoms with Crippen LogP contribution in [0.2, 0.25) is 0 Å². The summed E-state index contributed by atoms with van der Waals surface area (Å²) in [6.45, 7) is 2.11. The van der Waals surface area contributed by atoms with Crippen molar-refractivity contribution in [1.82, 2.24) is 20.2 Å². The molecule has 0 saturated heterocycles. The molecule has 0 aliphatic rings. The average Bonchev–Trinajstić information content (AvgIpc) is 2.51. The molecule has 0 aliphatic carbocycles. The normalized spacial score (nSPS) is 10.2. The number of methoxy groups -OCH3 is 1. The van der Waals surface area contributed by atoms with E-state index < -0.39 is 0 Å². The SMILES string of the molecule is COCCCNc1nncc(NCc2cccnc2)n1. The molecular weight excluding hydrogens is 256 g/mol. The van der Waals surface area contributed by atoms with Crippen LogP contribution in [0.1, 0.15) is 12.0 Å². The molecule has 2 N–H and O–H groups in total. The summed E-state index contributed by atoms with van der Waals surface area (Å²) < 4.78 is 4.98. The van der Waals surface area contributed by atoms with E-state index in [0.717, 1.165) is 18.5 Å². The fourth-order valence-electron chi connectivity index (χ4n) is 1.58. The highest BCUT2D eigenvalue weighted by Crippen LogP contribution is 2.06. The fourth-order valence-corrected chi connectivity index (χ4v) is 1.58. The predicted octanol–water partition coefficient (Wildman–Crippen LogP) is 1.33. The van der Waals surface area contributed by atoms with Gasteiger partial charge in [-0.3, -0.25) is 4.98 Å². The van der Waals surface area contributed by atoms with Crippen LogP contribution in [-0.4, -0.2) is 40.4 Å². The van der Waals surface area contributed by atoms with Gasteiger partial charge in [0.05, 0.1) is 6.20 Å². The smallest absolute Gasteiger partial charge is 0.244 e. The third-order valence-electron chi connectivity index (χ3n) is 2.56. The van der Waals surface area contributed by atoms with Gasteiger partial charge >= 0.3 is 0 Å². The number of anilines is 2. The minimum absolute atomic E-state index is 0.511. The van der Waals surface area contributed by atoms with E-state index >= 15 is 0 Å². The lowest BCUT2D eigenvalue weighted by atomic mass is 10.3. The summed E-state index contributed by atoms with van der Waals surface area (Å²) in [6, 6.07) is 3.90. The van der Waals surface area contributed by atoms with E-state index in [1.54, 1.807) is 19.5 Å². The van der Waals surface area contributed by atoms with E-state index in [-0.39, 0.29) is 0 Å². The van der Waals surface area contributed by atoms with Gasteiger partial charge in [-0.15, -0.1) is 5.10 Å². The van der Waals surface area contributed by atoms with Crippen molar-refractivity contribution in [3.8, 4) is 0 Å². The zero-order valence-electron chi connectivity index (χ0n) is 11.4. The molecule has 0 saturated carbocycles. The molecule has 0 radical (unpaired) electrons. The van der Waals surface area contributed by atoms with Gasteiger partial charge < -0.3 is 15.4 Å². The number of ether oxygens (including phenoxy) is 1. The zero-order chi connectivity index (χ0) is 14.0. The predicted molar refractivity (Wildman–Crippen MR) is 76.4 cm³/mol. The van der Waals surface area contributed by atoms with Gasteiger partial charge in [0.25, 0.3) is 0 Å². The molecule has 0 unspecified atom stereocenters. The second-order valence-corrected chi connectivity index (χ2v) is 4.15. The third-order valence-corrected chi connectivity index (χ3v) is 2.56. The molecule has 2 aromatic rings. The first kappa shape index (κ1) is 14.1. The molecule has 2 heterocycles. The van der Waals surface area contributed by atoms with Crippen molar-refractivity contribution in [2.75, 3.05) is 30.9 Å². The Morgan fingerprint density at radius 1 is 1.25 bits per heavy atom. The number of nitrogens with zero attached hydrogens (tertiary/aromatic N) is 4. The molecule has 0 bridgehead atoms. The molecule has 0 aromatic carbocycles. The maximum absolute atomic E-state index is 4.98. The van der Waals surface area contributed by atoms with Gasteiger partial charge in [-0.2, -0.15) is 10.1 Å². The van der Waals surface area contributed by atoms with Gasteiger partial charge in [-0.25, -0.2) is 0 Å². The highest BCUT2D eigenvalue weighted by Gasteiger charge is 2.00. The maximum atomic E-state index is 4.98. The standard InChI is InChI=1S/C13H18N6O/c1-20-7-3-6-15-13-18-12(10-17-19-13)16-9-11-4-2-5-14-8-11/h2,4-5,8,10H,3,6-7,9H2,1H3,(H2,15,16,18,19). The lowest BCUT2D eigenvalue weighted by molar-refractivity contribution is 0.197. The van der Waals surface area contributed by atoms with Gasteiger partial charge in [-0.05, 0) is 18.1 Å². The lowest BCUT2D eigenvalue weighted by Crippen LogP contribution is -2.10. The number of hydrogen-bond donors (Lipinski definition) is 2. The molecule has 0 amide bonds. The molecule has 7 nitrogen and oxygen atoms in total. The molecule has 2 aromatic heterocycles. The lowest BCUT2D eigenvalue weighted by Gasteiger charge is -2.07. The molecule has 0 aliphatic heterocycles. The van der Waals surface area contributed by atoms with Crippen LogP contribution in [0.3, 0.4) is 0 Å². The summed E-state index contributed by atoms with van der Waals surface area (Å²) in [7, 11) is 1.68. The summed E-state index contributed by atoms with van der Waals surface area (Å²) in [5.41, 5.74) is 1.08. The Kier molecular flexibility index (Phi) is 5.66. The van der Waals surface area contributed by atoms with Crippen molar-refractivity contribution in [1.29, 1.82) is 0 Å². The van der Waals surface area contributed by atoms with Crippen LogP contribution in [0, 0.1) is 0 Å². The van der Waals surface area contributed by atoms with Crippen molar-refractivity contribution in [3.63, 3.8) is 0 Å². The Labute approximate surface area is 117 Å². The van der Waals surface area contributed by atoms with Gasteiger partial charge in [0, 0.05) is 39.2 Å². The molecule has 2 rings (SSSR count). The van der Waals surface area contributed by atoms with E-state index in [1.165, 1.54) is 0 Å². The van der Waals surface area contributed by atoms with E-state index in [0.29, 0.717) is 24.9 Å². The fraction of sp³-hybridized carbons (Fsp3) is 0.385. The maximum Gasteiger partial charge on any atom is 0.244 e. The number of aromatic nitrogens is 4. The van der Waals surface area contributed by atoms with E-state index in [1.807, 2.05) is 18.3 Å². The Balaban J connectivity index is 1.83. The van der Waals surface area contributed by atoms with E-state index in [4.69, 9.17) is 4.74 Å². The molecule has 106 valence electrons. The largest absolute Gasteiger partial charge is 0.385 e. The van der Waals surface area contributed by atoms with E-state index in [2.05, 4.69) is 30.8 Å². The minimum atomic E-state index is 0.511. The molecule has 0 fully saturated rings. The molecular formula is C13H18N6O. The van der Waals surface area contributed by atoms with E-state index in [9.17, 15) is 0 Å². The second-order valence-electron chi connectivity index (χ2n) is 4.15. The number of nitrogens with one attached hydrogen (secondary N) is 2. The van der Waals surface area contributed by atoms with Gasteiger partial charge in [0.2, 0.25) is 5.95 Å². The molecule has 7 heteroatoms. The van der Waals surface area contributed by atoms with Crippen LogP contribution >= 0.6 is 0 Å². The third kappa shape index (κ3) is 4.77. The van der Waals surface area contributed by atoms with Crippen LogP contribution in [0.25, 0.3) is 0 Å². The number of hydrogen-bond acceptors (Lipinski definition) is 7. The first-order chi connectivity index (χ1) is 9.88. The van der Waals surface area contributed by atoms with Crippen molar-refractivity contribution >= 4 is 11.8 Å².